The third-order valence-corrected chi connectivity index (χ3v) is 3.12. The number of H-pyrrole nitrogens is 1. The number of thioether (sulfide) groups is 1. The van der Waals surface area contributed by atoms with Gasteiger partial charge in [-0.1, -0.05) is 36.4 Å². The minimum atomic E-state index is -0.283. The van der Waals surface area contributed by atoms with Crippen LogP contribution in [-0.4, -0.2) is 33.4 Å². The van der Waals surface area contributed by atoms with Crippen LogP contribution in [0.15, 0.2) is 29.4 Å². The van der Waals surface area contributed by atoms with Crippen molar-refractivity contribution in [2.45, 2.75) is 19.0 Å². The van der Waals surface area contributed by atoms with Crippen molar-refractivity contribution in [2.75, 3.05) is 17.7 Å². The van der Waals surface area contributed by atoms with Crippen LogP contribution in [0.5, 0.6) is 5.75 Å². The lowest BCUT2D eigenvalue weighted by Gasteiger charge is -2.05. The molecule has 1 aromatic heterocycles. The number of carbonyl (C=O) groups excluding carboxylic acids is 1. The third kappa shape index (κ3) is 4.27. The molecular formula is C13H16N4O2S. The zero-order chi connectivity index (χ0) is 14.4. The Labute approximate surface area is 121 Å². The van der Waals surface area contributed by atoms with Gasteiger partial charge in [-0.3, -0.25) is 10.1 Å². The van der Waals surface area contributed by atoms with E-state index in [9.17, 15) is 4.79 Å². The van der Waals surface area contributed by atoms with Gasteiger partial charge in [0.2, 0.25) is 11.1 Å². The van der Waals surface area contributed by atoms with Crippen LogP contribution >= 0.6 is 11.8 Å². The SMILES string of the molecule is CCSc1n[nH]c(NC(=O)COc2ccc(C)cc2)n1. The van der Waals surface area contributed by atoms with Gasteiger partial charge in [-0.05, 0) is 24.8 Å². The van der Waals surface area contributed by atoms with Crippen molar-refractivity contribution in [3.05, 3.63) is 29.8 Å². The number of amides is 1. The van der Waals surface area contributed by atoms with E-state index in [0.29, 0.717) is 16.9 Å². The first kappa shape index (κ1) is 14.4. The molecule has 0 bridgehead atoms. The molecule has 2 N–H and O–H groups in total. The molecule has 0 aliphatic rings. The molecular weight excluding hydrogens is 276 g/mol. The monoisotopic (exact) mass is 292 g/mol. The summed E-state index contributed by atoms with van der Waals surface area (Å²) >= 11 is 1.50. The molecule has 6 nitrogen and oxygen atoms in total. The summed E-state index contributed by atoms with van der Waals surface area (Å²) in [6, 6.07) is 7.51. The molecule has 0 spiro atoms. The number of aromatic nitrogens is 3. The number of carbonyl (C=O) groups is 1. The first-order chi connectivity index (χ1) is 9.67. The smallest absolute Gasteiger partial charge is 0.264 e. The zero-order valence-corrected chi connectivity index (χ0v) is 12.2. The van der Waals surface area contributed by atoms with Crippen molar-refractivity contribution in [1.29, 1.82) is 0 Å². The van der Waals surface area contributed by atoms with E-state index in [1.165, 1.54) is 11.8 Å². The van der Waals surface area contributed by atoms with Gasteiger partial charge >= 0.3 is 0 Å². The fraction of sp³-hybridized carbons (Fsp3) is 0.308. The van der Waals surface area contributed by atoms with Crippen LogP contribution < -0.4 is 10.1 Å². The van der Waals surface area contributed by atoms with Crippen LogP contribution in [-0.2, 0) is 4.79 Å². The normalized spacial score (nSPS) is 10.3. The first-order valence-electron chi connectivity index (χ1n) is 6.22. The molecule has 0 atom stereocenters. The van der Waals surface area contributed by atoms with Crippen molar-refractivity contribution in [3.8, 4) is 5.75 Å². The van der Waals surface area contributed by atoms with Gasteiger partial charge < -0.3 is 4.74 Å². The maximum Gasteiger partial charge on any atom is 0.264 e. The molecule has 0 radical (unpaired) electrons. The second-order valence-corrected chi connectivity index (χ2v) is 5.28. The number of nitrogens with one attached hydrogen (secondary N) is 2. The maximum absolute atomic E-state index is 11.7. The van der Waals surface area contributed by atoms with Crippen LogP contribution in [0.2, 0.25) is 0 Å². The molecule has 20 heavy (non-hydrogen) atoms. The van der Waals surface area contributed by atoms with Crippen molar-refractivity contribution in [2.24, 2.45) is 0 Å². The first-order valence-corrected chi connectivity index (χ1v) is 7.20. The van der Waals surface area contributed by atoms with E-state index in [1.54, 1.807) is 0 Å². The number of hydrogen-bond donors (Lipinski definition) is 2. The van der Waals surface area contributed by atoms with Gasteiger partial charge in [0.15, 0.2) is 6.61 Å². The number of nitrogens with zero attached hydrogens (tertiary/aromatic N) is 2. The van der Waals surface area contributed by atoms with Crippen molar-refractivity contribution in [3.63, 3.8) is 0 Å². The Morgan fingerprint density at radius 3 is 2.85 bits per heavy atom. The molecule has 106 valence electrons. The Kier molecular flexibility index (Phi) is 5.00. The molecule has 2 aromatic rings. The number of aromatic amines is 1. The van der Waals surface area contributed by atoms with E-state index < -0.39 is 0 Å². The van der Waals surface area contributed by atoms with E-state index >= 15 is 0 Å². The Morgan fingerprint density at radius 1 is 1.40 bits per heavy atom. The fourth-order valence-corrected chi connectivity index (χ4v) is 1.97. The molecule has 1 amide bonds. The summed E-state index contributed by atoms with van der Waals surface area (Å²) in [7, 11) is 0. The molecule has 0 aliphatic heterocycles. The predicted molar refractivity (Wildman–Crippen MR) is 78.1 cm³/mol. The Bertz CT molecular complexity index is 568. The molecule has 0 fully saturated rings. The van der Waals surface area contributed by atoms with Crippen LogP contribution in [0, 0.1) is 6.92 Å². The highest BCUT2D eigenvalue weighted by Gasteiger charge is 2.08. The van der Waals surface area contributed by atoms with Gasteiger partial charge in [0.1, 0.15) is 5.75 Å². The number of benzene rings is 1. The summed E-state index contributed by atoms with van der Waals surface area (Å²) in [6.45, 7) is 3.93. The maximum atomic E-state index is 11.7. The van der Waals surface area contributed by atoms with Gasteiger partial charge in [-0.25, -0.2) is 5.10 Å². The predicted octanol–water partition coefficient (Wildman–Crippen LogP) is 2.24. The number of aryl methyl sites for hydroxylation is 1. The number of rotatable bonds is 6. The largest absolute Gasteiger partial charge is 0.484 e. The highest BCUT2D eigenvalue weighted by molar-refractivity contribution is 7.99. The van der Waals surface area contributed by atoms with Gasteiger partial charge in [-0.15, -0.1) is 5.10 Å². The summed E-state index contributed by atoms with van der Waals surface area (Å²) in [5, 5.41) is 9.83. The lowest BCUT2D eigenvalue weighted by atomic mass is 10.2. The van der Waals surface area contributed by atoms with Gasteiger partial charge in [-0.2, -0.15) is 4.98 Å². The lowest BCUT2D eigenvalue weighted by Crippen LogP contribution is -2.20. The summed E-state index contributed by atoms with van der Waals surface area (Å²) in [5.41, 5.74) is 1.14. The summed E-state index contributed by atoms with van der Waals surface area (Å²) in [6.07, 6.45) is 0. The topological polar surface area (TPSA) is 79.9 Å². The van der Waals surface area contributed by atoms with Crippen molar-refractivity contribution >= 4 is 23.6 Å². The van der Waals surface area contributed by atoms with Crippen LogP contribution in [0.25, 0.3) is 0 Å². The fourth-order valence-electron chi connectivity index (χ4n) is 1.45. The Hall–Kier alpha value is -2.02. The van der Waals surface area contributed by atoms with Crippen molar-refractivity contribution < 1.29 is 9.53 Å². The lowest BCUT2D eigenvalue weighted by molar-refractivity contribution is -0.118. The molecule has 1 aromatic carbocycles. The van der Waals surface area contributed by atoms with Crippen LogP contribution in [0.4, 0.5) is 5.95 Å². The second kappa shape index (κ2) is 6.95. The molecule has 7 heteroatoms. The van der Waals surface area contributed by atoms with Gasteiger partial charge in [0, 0.05) is 0 Å². The van der Waals surface area contributed by atoms with E-state index in [1.807, 2.05) is 38.1 Å². The molecule has 0 aliphatic carbocycles. The van der Waals surface area contributed by atoms with E-state index in [0.717, 1.165) is 11.3 Å². The summed E-state index contributed by atoms with van der Waals surface area (Å²) in [5.74, 6) is 1.58. The minimum Gasteiger partial charge on any atom is -0.484 e. The molecule has 0 unspecified atom stereocenters. The molecule has 2 rings (SSSR count). The zero-order valence-electron chi connectivity index (χ0n) is 11.3. The number of hydrogen-bond acceptors (Lipinski definition) is 5. The summed E-state index contributed by atoms with van der Waals surface area (Å²) in [4.78, 5) is 15.8. The Morgan fingerprint density at radius 2 is 2.15 bits per heavy atom. The van der Waals surface area contributed by atoms with E-state index in [4.69, 9.17) is 4.74 Å². The van der Waals surface area contributed by atoms with Crippen LogP contribution in [0.1, 0.15) is 12.5 Å². The van der Waals surface area contributed by atoms with E-state index in [2.05, 4.69) is 20.5 Å². The molecule has 1 heterocycles. The molecule has 0 saturated heterocycles. The quantitative estimate of drug-likeness (QED) is 0.798. The second-order valence-electron chi connectivity index (χ2n) is 4.05. The summed E-state index contributed by atoms with van der Waals surface area (Å²) < 4.78 is 5.37. The highest BCUT2D eigenvalue weighted by atomic mass is 32.2. The van der Waals surface area contributed by atoms with Crippen molar-refractivity contribution in [1.82, 2.24) is 15.2 Å². The number of anilines is 1. The highest BCUT2D eigenvalue weighted by Crippen LogP contribution is 2.13. The van der Waals surface area contributed by atoms with Gasteiger partial charge in [0.25, 0.3) is 5.91 Å². The standard InChI is InChI=1S/C13H16N4O2S/c1-3-20-13-15-12(16-17-13)14-11(18)8-19-10-6-4-9(2)5-7-10/h4-7H,3,8H2,1-2H3,(H2,14,15,16,17,18). The van der Waals surface area contributed by atoms with Gasteiger partial charge in [0.05, 0.1) is 0 Å². The molecule has 0 saturated carbocycles. The van der Waals surface area contributed by atoms with Crippen LogP contribution in [0.3, 0.4) is 0 Å². The third-order valence-electron chi connectivity index (χ3n) is 2.39. The Balaban J connectivity index is 1.81. The average molecular weight is 292 g/mol. The van der Waals surface area contributed by atoms with E-state index in [-0.39, 0.29) is 12.5 Å². The average Bonchev–Trinajstić information content (AvgIpc) is 2.86. The minimum absolute atomic E-state index is 0.0694. The number of ether oxygens (including phenoxy) is 1.